The van der Waals surface area contributed by atoms with Crippen molar-refractivity contribution >= 4 is 34.8 Å². The predicted molar refractivity (Wildman–Crippen MR) is 80.6 cm³/mol. The van der Waals surface area contributed by atoms with E-state index >= 15 is 0 Å². The SMILES string of the molecule is C[C@H](N)c1ccc(Oc2ccc(Cl)c(Cl)c2)c(Cl)c1. The minimum Gasteiger partial charge on any atom is -0.456 e. The van der Waals surface area contributed by atoms with Crippen LogP contribution in [-0.4, -0.2) is 0 Å². The van der Waals surface area contributed by atoms with Crippen LogP contribution in [0.15, 0.2) is 36.4 Å². The molecule has 2 aromatic rings. The van der Waals surface area contributed by atoms with Crippen LogP contribution in [0.5, 0.6) is 11.5 Å². The first-order valence-electron chi connectivity index (χ1n) is 5.65. The average molecular weight is 317 g/mol. The Morgan fingerprint density at radius 3 is 2.26 bits per heavy atom. The topological polar surface area (TPSA) is 35.2 Å². The molecule has 5 heteroatoms. The van der Waals surface area contributed by atoms with E-state index in [0.29, 0.717) is 26.6 Å². The summed E-state index contributed by atoms with van der Waals surface area (Å²) in [6.45, 7) is 1.89. The summed E-state index contributed by atoms with van der Waals surface area (Å²) in [5, 5.41) is 1.41. The van der Waals surface area contributed by atoms with Gasteiger partial charge in [-0.25, -0.2) is 0 Å². The van der Waals surface area contributed by atoms with E-state index in [9.17, 15) is 0 Å². The van der Waals surface area contributed by atoms with Crippen molar-refractivity contribution in [2.24, 2.45) is 5.73 Å². The van der Waals surface area contributed by atoms with Crippen LogP contribution in [0.2, 0.25) is 15.1 Å². The number of ether oxygens (including phenoxy) is 1. The molecule has 0 aliphatic heterocycles. The molecule has 0 aliphatic carbocycles. The summed E-state index contributed by atoms with van der Waals surface area (Å²) >= 11 is 17.9. The summed E-state index contributed by atoms with van der Waals surface area (Å²) in [6.07, 6.45) is 0. The van der Waals surface area contributed by atoms with Gasteiger partial charge >= 0.3 is 0 Å². The standard InChI is InChI=1S/C14H12Cl3NO/c1-8(18)9-2-5-14(13(17)6-9)19-10-3-4-11(15)12(16)7-10/h2-8H,18H2,1H3/t8-/m0/s1. The fraction of sp³-hybridized carbons (Fsp3) is 0.143. The lowest BCUT2D eigenvalue weighted by atomic mass is 10.1. The number of rotatable bonds is 3. The molecule has 0 radical (unpaired) electrons. The third-order valence-corrected chi connectivity index (χ3v) is 3.63. The zero-order valence-corrected chi connectivity index (χ0v) is 12.4. The zero-order chi connectivity index (χ0) is 14.0. The van der Waals surface area contributed by atoms with Gasteiger partial charge in [-0.2, -0.15) is 0 Å². The van der Waals surface area contributed by atoms with Gasteiger partial charge in [0.15, 0.2) is 0 Å². The average Bonchev–Trinajstić information content (AvgIpc) is 2.36. The monoisotopic (exact) mass is 315 g/mol. The van der Waals surface area contributed by atoms with Crippen molar-refractivity contribution in [1.82, 2.24) is 0 Å². The van der Waals surface area contributed by atoms with E-state index in [-0.39, 0.29) is 6.04 Å². The third-order valence-electron chi connectivity index (χ3n) is 2.60. The molecule has 2 rings (SSSR count). The highest BCUT2D eigenvalue weighted by molar-refractivity contribution is 6.42. The maximum absolute atomic E-state index is 6.15. The highest BCUT2D eigenvalue weighted by Crippen LogP contribution is 2.33. The Labute approximate surface area is 127 Å². The van der Waals surface area contributed by atoms with Crippen LogP contribution in [0, 0.1) is 0 Å². The molecular weight excluding hydrogens is 305 g/mol. The molecule has 0 bridgehead atoms. The Hall–Kier alpha value is -0.930. The Kier molecular flexibility index (Phi) is 4.58. The van der Waals surface area contributed by atoms with E-state index in [1.807, 2.05) is 13.0 Å². The second kappa shape index (κ2) is 6.02. The number of benzene rings is 2. The Morgan fingerprint density at radius 1 is 0.947 bits per heavy atom. The van der Waals surface area contributed by atoms with E-state index in [4.69, 9.17) is 45.3 Å². The fourth-order valence-electron chi connectivity index (χ4n) is 1.55. The van der Waals surface area contributed by atoms with Crippen LogP contribution in [0.1, 0.15) is 18.5 Å². The van der Waals surface area contributed by atoms with Crippen molar-refractivity contribution in [1.29, 1.82) is 0 Å². The van der Waals surface area contributed by atoms with Gasteiger partial charge in [-0.3, -0.25) is 0 Å². The van der Waals surface area contributed by atoms with Crippen LogP contribution in [-0.2, 0) is 0 Å². The summed E-state index contributed by atoms with van der Waals surface area (Å²) in [6, 6.07) is 10.4. The minimum atomic E-state index is -0.0727. The van der Waals surface area contributed by atoms with E-state index in [1.165, 1.54) is 0 Å². The van der Waals surface area contributed by atoms with Crippen molar-refractivity contribution in [2.45, 2.75) is 13.0 Å². The normalized spacial score (nSPS) is 12.3. The third kappa shape index (κ3) is 3.54. The lowest BCUT2D eigenvalue weighted by Gasteiger charge is -2.11. The van der Waals surface area contributed by atoms with Crippen LogP contribution in [0.4, 0.5) is 0 Å². The lowest BCUT2D eigenvalue weighted by Crippen LogP contribution is -2.04. The Morgan fingerprint density at radius 2 is 1.68 bits per heavy atom. The fourth-order valence-corrected chi connectivity index (χ4v) is 2.07. The maximum Gasteiger partial charge on any atom is 0.146 e. The molecule has 2 aromatic carbocycles. The molecule has 0 saturated heterocycles. The van der Waals surface area contributed by atoms with Crippen molar-refractivity contribution < 1.29 is 4.74 Å². The van der Waals surface area contributed by atoms with Crippen molar-refractivity contribution in [3.05, 3.63) is 57.0 Å². The molecule has 2 nitrogen and oxygen atoms in total. The van der Waals surface area contributed by atoms with Gasteiger partial charge in [0.1, 0.15) is 11.5 Å². The first kappa shape index (κ1) is 14.5. The predicted octanol–water partition coefficient (Wildman–Crippen LogP) is 5.46. The van der Waals surface area contributed by atoms with Crippen molar-refractivity contribution in [3.8, 4) is 11.5 Å². The van der Waals surface area contributed by atoms with Gasteiger partial charge in [0.05, 0.1) is 15.1 Å². The largest absolute Gasteiger partial charge is 0.456 e. The molecule has 0 fully saturated rings. The van der Waals surface area contributed by atoms with E-state index in [2.05, 4.69) is 0 Å². The maximum atomic E-state index is 6.15. The lowest BCUT2D eigenvalue weighted by molar-refractivity contribution is 0.482. The number of hydrogen-bond donors (Lipinski definition) is 1. The van der Waals surface area contributed by atoms with Crippen LogP contribution in [0.25, 0.3) is 0 Å². The molecule has 1 atom stereocenters. The van der Waals surface area contributed by atoms with Crippen molar-refractivity contribution in [2.75, 3.05) is 0 Å². The Bertz CT molecular complexity index is 599. The molecule has 2 N–H and O–H groups in total. The molecule has 0 aromatic heterocycles. The van der Waals surface area contributed by atoms with E-state index in [0.717, 1.165) is 5.56 Å². The van der Waals surface area contributed by atoms with Gasteiger partial charge in [0.25, 0.3) is 0 Å². The molecule has 0 heterocycles. The van der Waals surface area contributed by atoms with Gasteiger partial charge < -0.3 is 10.5 Å². The molecule has 0 aliphatic rings. The van der Waals surface area contributed by atoms with Crippen molar-refractivity contribution in [3.63, 3.8) is 0 Å². The van der Waals surface area contributed by atoms with Crippen LogP contribution in [0.3, 0.4) is 0 Å². The second-order valence-electron chi connectivity index (χ2n) is 4.16. The molecule has 0 saturated carbocycles. The zero-order valence-electron chi connectivity index (χ0n) is 10.2. The summed E-state index contributed by atoms with van der Waals surface area (Å²) in [4.78, 5) is 0. The number of nitrogens with two attached hydrogens (primary N) is 1. The Balaban J connectivity index is 2.25. The molecule has 0 spiro atoms. The second-order valence-corrected chi connectivity index (χ2v) is 5.38. The number of hydrogen-bond acceptors (Lipinski definition) is 2. The van der Waals surface area contributed by atoms with E-state index in [1.54, 1.807) is 30.3 Å². The first-order chi connectivity index (χ1) is 8.97. The van der Waals surface area contributed by atoms with Gasteiger partial charge in [-0.1, -0.05) is 40.9 Å². The minimum absolute atomic E-state index is 0.0727. The molecule has 19 heavy (non-hydrogen) atoms. The summed E-state index contributed by atoms with van der Waals surface area (Å²) in [7, 11) is 0. The molecule has 0 unspecified atom stereocenters. The summed E-state index contributed by atoms with van der Waals surface area (Å²) < 4.78 is 5.66. The van der Waals surface area contributed by atoms with E-state index < -0.39 is 0 Å². The van der Waals surface area contributed by atoms with Crippen LogP contribution >= 0.6 is 34.8 Å². The number of halogens is 3. The summed E-state index contributed by atoms with van der Waals surface area (Å²) in [5.41, 5.74) is 6.74. The highest BCUT2D eigenvalue weighted by Gasteiger charge is 2.08. The molecule has 0 amide bonds. The van der Waals surface area contributed by atoms with Crippen LogP contribution < -0.4 is 10.5 Å². The molecule has 100 valence electrons. The quantitative estimate of drug-likeness (QED) is 0.816. The van der Waals surface area contributed by atoms with Gasteiger partial charge in [0.2, 0.25) is 0 Å². The smallest absolute Gasteiger partial charge is 0.146 e. The molecular formula is C14H12Cl3NO. The van der Waals surface area contributed by atoms with Gasteiger partial charge in [0, 0.05) is 12.1 Å². The van der Waals surface area contributed by atoms with Gasteiger partial charge in [-0.05, 0) is 36.8 Å². The summed E-state index contributed by atoms with van der Waals surface area (Å²) in [5.74, 6) is 1.12. The first-order valence-corrected chi connectivity index (χ1v) is 6.78. The van der Waals surface area contributed by atoms with Gasteiger partial charge in [-0.15, -0.1) is 0 Å². The highest BCUT2D eigenvalue weighted by atomic mass is 35.5.